The molecule has 0 amide bonds. The lowest BCUT2D eigenvalue weighted by Crippen LogP contribution is -2.40. The van der Waals surface area contributed by atoms with Crippen molar-refractivity contribution in [3.63, 3.8) is 0 Å². The lowest BCUT2D eigenvalue weighted by Gasteiger charge is -2.26. The minimum atomic E-state index is -3.54. The van der Waals surface area contributed by atoms with Crippen molar-refractivity contribution in [1.82, 2.24) is 13.7 Å². The molecule has 29 heavy (non-hydrogen) atoms. The van der Waals surface area contributed by atoms with E-state index in [0.717, 1.165) is 5.56 Å². The molecule has 1 aliphatic rings. The number of pyridine rings is 1. The van der Waals surface area contributed by atoms with E-state index in [1.165, 1.54) is 26.9 Å². The van der Waals surface area contributed by atoms with E-state index < -0.39 is 10.0 Å². The second kappa shape index (κ2) is 7.94. The number of rotatable bonds is 5. The van der Waals surface area contributed by atoms with Gasteiger partial charge in [-0.05, 0) is 42.8 Å². The molecule has 8 nitrogen and oxygen atoms in total. The van der Waals surface area contributed by atoms with Gasteiger partial charge in [-0.1, -0.05) is 6.07 Å². The molecule has 4 rings (SSSR count). The largest absolute Gasteiger partial charge is 0.487 e. The third-order valence-electron chi connectivity index (χ3n) is 4.68. The zero-order chi connectivity index (χ0) is 20.4. The van der Waals surface area contributed by atoms with E-state index in [1.54, 1.807) is 24.4 Å². The van der Waals surface area contributed by atoms with Crippen molar-refractivity contribution in [2.75, 3.05) is 26.3 Å². The zero-order valence-corrected chi connectivity index (χ0v) is 16.8. The maximum absolute atomic E-state index is 12.6. The number of sulfonamides is 1. The molecule has 0 atom stereocenters. The van der Waals surface area contributed by atoms with Crippen LogP contribution in [-0.4, -0.2) is 48.4 Å². The van der Waals surface area contributed by atoms with Crippen LogP contribution in [-0.2, 0) is 21.4 Å². The Bertz CT molecular complexity index is 1180. The van der Waals surface area contributed by atoms with Gasteiger partial charge in [-0.15, -0.1) is 0 Å². The second-order valence-electron chi connectivity index (χ2n) is 6.80. The summed E-state index contributed by atoms with van der Waals surface area (Å²) >= 11 is 0. The summed E-state index contributed by atoms with van der Waals surface area (Å²) in [6, 6.07) is 11.3. The van der Waals surface area contributed by atoms with Crippen LogP contribution in [0.15, 0.2) is 58.4 Å². The average Bonchev–Trinajstić information content (AvgIpc) is 2.74. The molecule has 1 saturated heterocycles. The highest BCUT2D eigenvalue weighted by Crippen LogP contribution is 2.21. The molecule has 0 spiro atoms. The van der Waals surface area contributed by atoms with E-state index in [0.29, 0.717) is 43.4 Å². The molecule has 0 radical (unpaired) electrons. The SMILES string of the molecule is Cc1ccc2nc(COc3ccc(S(=O)(=O)N4CCOCC4)cc3)cc(=O)n2c1. The van der Waals surface area contributed by atoms with E-state index in [1.807, 2.05) is 13.0 Å². The molecule has 9 heteroatoms. The molecule has 0 bridgehead atoms. The molecular weight excluding hydrogens is 394 g/mol. The molecule has 1 aromatic carbocycles. The molecule has 0 N–H and O–H groups in total. The Morgan fingerprint density at radius 1 is 1.10 bits per heavy atom. The van der Waals surface area contributed by atoms with Crippen molar-refractivity contribution in [3.05, 3.63) is 70.3 Å². The first-order valence-electron chi connectivity index (χ1n) is 9.23. The molecule has 3 aromatic rings. The first-order chi connectivity index (χ1) is 13.9. The van der Waals surface area contributed by atoms with Gasteiger partial charge in [0.15, 0.2) is 0 Å². The lowest BCUT2D eigenvalue weighted by molar-refractivity contribution is 0.0730. The van der Waals surface area contributed by atoms with Crippen LogP contribution in [0.2, 0.25) is 0 Å². The van der Waals surface area contributed by atoms with Crippen molar-refractivity contribution >= 4 is 15.7 Å². The van der Waals surface area contributed by atoms with Gasteiger partial charge in [0.2, 0.25) is 10.0 Å². The fourth-order valence-corrected chi connectivity index (χ4v) is 4.54. The van der Waals surface area contributed by atoms with E-state index in [2.05, 4.69) is 4.98 Å². The monoisotopic (exact) mass is 415 g/mol. The Labute approximate surface area is 168 Å². The molecule has 1 aliphatic heterocycles. The Balaban J connectivity index is 1.47. The number of hydrogen-bond donors (Lipinski definition) is 0. The van der Waals surface area contributed by atoms with Crippen molar-refractivity contribution < 1.29 is 17.9 Å². The number of fused-ring (bicyclic) bond motifs is 1. The number of nitrogens with zero attached hydrogens (tertiary/aromatic N) is 3. The second-order valence-corrected chi connectivity index (χ2v) is 8.73. The van der Waals surface area contributed by atoms with Crippen LogP contribution >= 0.6 is 0 Å². The first kappa shape index (κ1) is 19.6. The summed E-state index contributed by atoms with van der Waals surface area (Å²) in [7, 11) is -3.54. The minimum absolute atomic E-state index is 0.106. The van der Waals surface area contributed by atoms with Gasteiger partial charge in [0.25, 0.3) is 5.56 Å². The number of aromatic nitrogens is 2. The number of hydrogen-bond acceptors (Lipinski definition) is 6. The standard InChI is InChI=1S/C20H21N3O5S/c1-15-2-7-19-21-16(12-20(24)23(19)13-15)14-28-17-3-5-18(6-4-17)29(25,26)22-8-10-27-11-9-22/h2-7,12-13H,8-11,14H2,1H3. The highest BCUT2D eigenvalue weighted by molar-refractivity contribution is 7.89. The van der Waals surface area contributed by atoms with Gasteiger partial charge in [-0.3, -0.25) is 9.20 Å². The van der Waals surface area contributed by atoms with Gasteiger partial charge in [-0.25, -0.2) is 13.4 Å². The van der Waals surface area contributed by atoms with Crippen LogP contribution < -0.4 is 10.3 Å². The summed E-state index contributed by atoms with van der Waals surface area (Å²) in [6.45, 7) is 3.52. The van der Waals surface area contributed by atoms with Gasteiger partial charge in [-0.2, -0.15) is 4.31 Å². The summed E-state index contributed by atoms with van der Waals surface area (Å²) in [5, 5.41) is 0. The van der Waals surface area contributed by atoms with Crippen LogP contribution in [0.5, 0.6) is 5.75 Å². The first-order valence-corrected chi connectivity index (χ1v) is 10.7. The topological polar surface area (TPSA) is 90.2 Å². The highest BCUT2D eigenvalue weighted by Gasteiger charge is 2.26. The van der Waals surface area contributed by atoms with Gasteiger partial charge < -0.3 is 9.47 Å². The van der Waals surface area contributed by atoms with Crippen molar-refractivity contribution in [3.8, 4) is 5.75 Å². The maximum Gasteiger partial charge on any atom is 0.258 e. The Morgan fingerprint density at radius 3 is 2.55 bits per heavy atom. The third kappa shape index (κ3) is 4.16. The van der Waals surface area contributed by atoms with Crippen LogP contribution in [0, 0.1) is 6.92 Å². The van der Waals surface area contributed by atoms with E-state index in [9.17, 15) is 13.2 Å². The Kier molecular flexibility index (Phi) is 5.35. The molecule has 3 heterocycles. The predicted molar refractivity (Wildman–Crippen MR) is 107 cm³/mol. The lowest BCUT2D eigenvalue weighted by atomic mass is 10.3. The molecule has 0 aliphatic carbocycles. The number of morpholine rings is 1. The van der Waals surface area contributed by atoms with Gasteiger partial charge in [0.1, 0.15) is 18.0 Å². The molecular formula is C20H21N3O5S. The van der Waals surface area contributed by atoms with Crippen molar-refractivity contribution in [2.24, 2.45) is 0 Å². The molecule has 1 fully saturated rings. The molecule has 152 valence electrons. The summed E-state index contributed by atoms with van der Waals surface area (Å²) in [6.07, 6.45) is 1.74. The summed E-state index contributed by atoms with van der Waals surface area (Å²) in [5.74, 6) is 0.497. The third-order valence-corrected chi connectivity index (χ3v) is 6.59. The fourth-order valence-electron chi connectivity index (χ4n) is 3.13. The summed E-state index contributed by atoms with van der Waals surface area (Å²) < 4.78 is 39.1. The van der Waals surface area contributed by atoms with Crippen molar-refractivity contribution in [1.29, 1.82) is 0 Å². The summed E-state index contributed by atoms with van der Waals surface area (Å²) in [5.41, 5.74) is 1.85. The molecule has 0 saturated carbocycles. The van der Waals surface area contributed by atoms with E-state index in [-0.39, 0.29) is 17.1 Å². The van der Waals surface area contributed by atoms with Gasteiger partial charge >= 0.3 is 0 Å². The number of aryl methyl sites for hydroxylation is 1. The number of ether oxygens (including phenoxy) is 2. The molecule has 0 unspecified atom stereocenters. The normalized spacial score (nSPS) is 15.5. The van der Waals surface area contributed by atoms with Crippen LogP contribution in [0.1, 0.15) is 11.3 Å². The quantitative estimate of drug-likeness (QED) is 0.629. The number of benzene rings is 1. The Morgan fingerprint density at radius 2 is 1.83 bits per heavy atom. The highest BCUT2D eigenvalue weighted by atomic mass is 32.2. The van der Waals surface area contributed by atoms with Gasteiger partial charge in [0.05, 0.1) is 23.8 Å². The van der Waals surface area contributed by atoms with E-state index in [4.69, 9.17) is 9.47 Å². The van der Waals surface area contributed by atoms with Crippen LogP contribution in [0.25, 0.3) is 5.65 Å². The van der Waals surface area contributed by atoms with Crippen LogP contribution in [0.3, 0.4) is 0 Å². The average molecular weight is 415 g/mol. The maximum atomic E-state index is 12.6. The predicted octanol–water partition coefficient (Wildman–Crippen LogP) is 1.60. The van der Waals surface area contributed by atoms with Crippen molar-refractivity contribution in [2.45, 2.75) is 18.4 Å². The smallest absolute Gasteiger partial charge is 0.258 e. The molecule has 2 aromatic heterocycles. The zero-order valence-electron chi connectivity index (χ0n) is 15.9. The van der Waals surface area contributed by atoms with E-state index >= 15 is 0 Å². The Hall–Kier alpha value is -2.75. The minimum Gasteiger partial charge on any atom is -0.487 e. The fraction of sp³-hybridized carbons (Fsp3) is 0.300. The van der Waals surface area contributed by atoms with Crippen LogP contribution in [0.4, 0.5) is 0 Å². The summed E-state index contributed by atoms with van der Waals surface area (Å²) in [4.78, 5) is 16.9. The van der Waals surface area contributed by atoms with Gasteiger partial charge in [0, 0.05) is 25.4 Å².